The smallest absolute Gasteiger partial charge is 0.227 e. The molecule has 1 aromatic heterocycles. The van der Waals surface area contributed by atoms with Crippen molar-refractivity contribution in [3.8, 4) is 0 Å². The van der Waals surface area contributed by atoms with Gasteiger partial charge in [-0.1, -0.05) is 25.1 Å². The summed E-state index contributed by atoms with van der Waals surface area (Å²) in [4.78, 5) is 8.52. The lowest BCUT2D eigenvalue weighted by Gasteiger charge is -2.04. The first-order valence-electron chi connectivity index (χ1n) is 5.02. The van der Waals surface area contributed by atoms with E-state index in [4.69, 9.17) is 0 Å². The van der Waals surface area contributed by atoms with Gasteiger partial charge in [-0.15, -0.1) is 0 Å². The second kappa shape index (κ2) is 4.55. The van der Waals surface area contributed by atoms with E-state index in [1.807, 2.05) is 36.4 Å². The molecule has 0 aliphatic rings. The van der Waals surface area contributed by atoms with Crippen LogP contribution in [0.2, 0.25) is 0 Å². The molecule has 2 rings (SSSR count). The molecular formula is C12H13N3. The van der Waals surface area contributed by atoms with Gasteiger partial charge in [0.15, 0.2) is 0 Å². The summed E-state index contributed by atoms with van der Waals surface area (Å²) in [5.74, 6) is 0.653. The maximum Gasteiger partial charge on any atom is 0.227 e. The number of nitrogens with zero attached hydrogens (tertiary/aromatic N) is 2. The standard InChI is InChI=1S/C12H13N3/c1-2-10-8-9-13-12(14-10)15-11-6-4-3-5-7-11/h3-9H,2H2,1H3,(H,13,14,15). The zero-order valence-corrected chi connectivity index (χ0v) is 8.64. The van der Waals surface area contributed by atoms with E-state index in [1.54, 1.807) is 6.20 Å². The van der Waals surface area contributed by atoms with Gasteiger partial charge in [-0.25, -0.2) is 9.97 Å². The first-order valence-corrected chi connectivity index (χ1v) is 5.02. The predicted molar refractivity (Wildman–Crippen MR) is 61.1 cm³/mol. The van der Waals surface area contributed by atoms with Crippen LogP contribution in [0, 0.1) is 0 Å². The van der Waals surface area contributed by atoms with Crippen LogP contribution in [-0.2, 0) is 6.42 Å². The molecule has 3 nitrogen and oxygen atoms in total. The largest absolute Gasteiger partial charge is 0.324 e. The van der Waals surface area contributed by atoms with Crippen molar-refractivity contribution in [2.24, 2.45) is 0 Å². The minimum atomic E-state index is 0.653. The van der Waals surface area contributed by atoms with E-state index in [1.165, 1.54) is 0 Å². The molecule has 76 valence electrons. The number of aryl methyl sites for hydroxylation is 1. The Morgan fingerprint density at radius 1 is 1.13 bits per heavy atom. The second-order valence-electron chi connectivity index (χ2n) is 3.22. The number of hydrogen-bond acceptors (Lipinski definition) is 3. The quantitative estimate of drug-likeness (QED) is 0.826. The summed E-state index contributed by atoms with van der Waals surface area (Å²) in [6.45, 7) is 2.08. The fourth-order valence-electron chi connectivity index (χ4n) is 1.30. The Morgan fingerprint density at radius 2 is 1.93 bits per heavy atom. The molecule has 15 heavy (non-hydrogen) atoms. The summed E-state index contributed by atoms with van der Waals surface area (Å²) < 4.78 is 0. The number of aromatic nitrogens is 2. The van der Waals surface area contributed by atoms with Crippen LogP contribution in [0.15, 0.2) is 42.6 Å². The molecule has 0 saturated carbocycles. The van der Waals surface area contributed by atoms with E-state index in [2.05, 4.69) is 22.2 Å². The van der Waals surface area contributed by atoms with Crippen LogP contribution in [0.4, 0.5) is 11.6 Å². The van der Waals surface area contributed by atoms with Gasteiger partial charge in [-0.05, 0) is 24.6 Å². The molecule has 0 fully saturated rings. The highest BCUT2D eigenvalue weighted by molar-refractivity contribution is 5.52. The van der Waals surface area contributed by atoms with Crippen molar-refractivity contribution < 1.29 is 0 Å². The van der Waals surface area contributed by atoms with E-state index in [0.29, 0.717) is 5.95 Å². The Hall–Kier alpha value is -1.90. The van der Waals surface area contributed by atoms with Gasteiger partial charge < -0.3 is 5.32 Å². The van der Waals surface area contributed by atoms with E-state index in [9.17, 15) is 0 Å². The van der Waals surface area contributed by atoms with Gasteiger partial charge in [0, 0.05) is 17.6 Å². The third kappa shape index (κ3) is 2.53. The maximum absolute atomic E-state index is 4.36. The Labute approximate surface area is 89.2 Å². The summed E-state index contributed by atoms with van der Waals surface area (Å²) in [6.07, 6.45) is 2.70. The monoisotopic (exact) mass is 199 g/mol. The molecule has 0 amide bonds. The van der Waals surface area contributed by atoms with Crippen LogP contribution in [0.25, 0.3) is 0 Å². The average molecular weight is 199 g/mol. The molecule has 0 bridgehead atoms. The molecule has 0 atom stereocenters. The first-order chi connectivity index (χ1) is 7.38. The van der Waals surface area contributed by atoms with E-state index in [-0.39, 0.29) is 0 Å². The van der Waals surface area contributed by atoms with Gasteiger partial charge in [0.25, 0.3) is 0 Å². The predicted octanol–water partition coefficient (Wildman–Crippen LogP) is 2.78. The molecular weight excluding hydrogens is 186 g/mol. The fourth-order valence-corrected chi connectivity index (χ4v) is 1.30. The van der Waals surface area contributed by atoms with Crippen LogP contribution in [0.1, 0.15) is 12.6 Å². The maximum atomic E-state index is 4.36. The number of para-hydroxylation sites is 1. The number of hydrogen-bond donors (Lipinski definition) is 1. The number of rotatable bonds is 3. The van der Waals surface area contributed by atoms with Crippen molar-refractivity contribution >= 4 is 11.6 Å². The van der Waals surface area contributed by atoms with E-state index < -0.39 is 0 Å². The van der Waals surface area contributed by atoms with Gasteiger partial charge in [0.2, 0.25) is 5.95 Å². The lowest BCUT2D eigenvalue weighted by atomic mass is 10.3. The van der Waals surface area contributed by atoms with Crippen molar-refractivity contribution in [2.75, 3.05) is 5.32 Å². The number of nitrogens with one attached hydrogen (secondary N) is 1. The van der Waals surface area contributed by atoms with E-state index in [0.717, 1.165) is 17.8 Å². The Balaban J connectivity index is 2.17. The number of anilines is 2. The molecule has 2 aromatic rings. The van der Waals surface area contributed by atoms with Crippen LogP contribution in [0.5, 0.6) is 0 Å². The normalized spacial score (nSPS) is 9.93. The van der Waals surface area contributed by atoms with Crippen LogP contribution >= 0.6 is 0 Å². The second-order valence-corrected chi connectivity index (χ2v) is 3.22. The Morgan fingerprint density at radius 3 is 2.67 bits per heavy atom. The van der Waals surface area contributed by atoms with Gasteiger partial charge in [-0.2, -0.15) is 0 Å². The molecule has 0 aliphatic heterocycles. The van der Waals surface area contributed by atoms with Crippen molar-refractivity contribution in [2.45, 2.75) is 13.3 Å². The van der Waals surface area contributed by atoms with Gasteiger partial charge in [0.05, 0.1) is 0 Å². The molecule has 0 saturated heterocycles. The molecule has 0 unspecified atom stereocenters. The molecule has 0 spiro atoms. The molecule has 1 heterocycles. The summed E-state index contributed by atoms with van der Waals surface area (Å²) >= 11 is 0. The van der Waals surface area contributed by atoms with Crippen molar-refractivity contribution in [1.29, 1.82) is 0 Å². The highest BCUT2D eigenvalue weighted by Gasteiger charge is 1.97. The van der Waals surface area contributed by atoms with Crippen LogP contribution in [0.3, 0.4) is 0 Å². The van der Waals surface area contributed by atoms with Crippen LogP contribution < -0.4 is 5.32 Å². The van der Waals surface area contributed by atoms with Crippen molar-refractivity contribution in [3.63, 3.8) is 0 Å². The summed E-state index contributed by atoms with van der Waals surface area (Å²) in [5.41, 5.74) is 2.05. The van der Waals surface area contributed by atoms with Crippen molar-refractivity contribution in [3.05, 3.63) is 48.3 Å². The highest BCUT2D eigenvalue weighted by atomic mass is 15.1. The first kappa shape index (κ1) is 9.65. The lowest BCUT2D eigenvalue weighted by Crippen LogP contribution is -1.98. The minimum Gasteiger partial charge on any atom is -0.324 e. The van der Waals surface area contributed by atoms with E-state index >= 15 is 0 Å². The minimum absolute atomic E-state index is 0.653. The molecule has 1 N–H and O–H groups in total. The molecule has 0 radical (unpaired) electrons. The van der Waals surface area contributed by atoms with Gasteiger partial charge >= 0.3 is 0 Å². The van der Waals surface area contributed by atoms with Gasteiger partial charge in [-0.3, -0.25) is 0 Å². The average Bonchev–Trinajstić information content (AvgIpc) is 2.31. The Bertz CT molecular complexity index is 426. The zero-order valence-electron chi connectivity index (χ0n) is 8.64. The lowest BCUT2D eigenvalue weighted by molar-refractivity contribution is 1.00. The van der Waals surface area contributed by atoms with Gasteiger partial charge in [0.1, 0.15) is 0 Å². The fraction of sp³-hybridized carbons (Fsp3) is 0.167. The molecule has 1 aromatic carbocycles. The third-order valence-electron chi connectivity index (χ3n) is 2.11. The summed E-state index contributed by atoms with van der Waals surface area (Å²) in [7, 11) is 0. The third-order valence-corrected chi connectivity index (χ3v) is 2.11. The molecule has 0 aliphatic carbocycles. The zero-order chi connectivity index (χ0) is 10.5. The summed E-state index contributed by atoms with van der Waals surface area (Å²) in [6, 6.07) is 11.8. The SMILES string of the molecule is CCc1ccnc(Nc2ccccc2)n1. The van der Waals surface area contributed by atoms with Crippen LogP contribution in [-0.4, -0.2) is 9.97 Å². The summed E-state index contributed by atoms with van der Waals surface area (Å²) in [5, 5.41) is 3.16. The topological polar surface area (TPSA) is 37.8 Å². The highest BCUT2D eigenvalue weighted by Crippen LogP contribution is 2.11. The molecule has 3 heteroatoms. The number of benzene rings is 1. The van der Waals surface area contributed by atoms with Crippen molar-refractivity contribution in [1.82, 2.24) is 9.97 Å². The Kier molecular flexibility index (Phi) is 2.93.